The van der Waals surface area contributed by atoms with Crippen molar-refractivity contribution in [3.05, 3.63) is 47.5 Å². The first-order valence-corrected chi connectivity index (χ1v) is 6.55. The zero-order valence-electron chi connectivity index (χ0n) is 11.8. The van der Waals surface area contributed by atoms with Crippen LogP contribution in [-0.4, -0.2) is 27.6 Å². The van der Waals surface area contributed by atoms with Gasteiger partial charge in [0.2, 0.25) is 0 Å². The van der Waals surface area contributed by atoms with Crippen molar-refractivity contribution in [2.24, 2.45) is 0 Å². The number of rotatable bonds is 2. The molecule has 0 spiro atoms. The van der Waals surface area contributed by atoms with Crippen LogP contribution in [0.25, 0.3) is 0 Å². The molecule has 108 valence electrons. The summed E-state index contributed by atoms with van der Waals surface area (Å²) in [7, 11) is 0. The number of benzene rings is 1. The maximum atomic E-state index is 11.9. The summed E-state index contributed by atoms with van der Waals surface area (Å²) in [6, 6.07) is 9.17. The first-order chi connectivity index (χ1) is 9.33. The van der Waals surface area contributed by atoms with E-state index in [1.807, 2.05) is 18.2 Å². The first kappa shape index (κ1) is 16.1. The number of carbonyl (C=O) groups is 2. The van der Waals surface area contributed by atoms with E-state index in [2.05, 4.69) is 0 Å². The summed E-state index contributed by atoms with van der Waals surface area (Å²) in [5, 5.41) is 17.4. The fraction of sp³-hybridized carbons (Fsp3) is 0.375. The van der Waals surface area contributed by atoms with E-state index in [1.54, 1.807) is 25.1 Å². The molecular weight excluding hydrogens is 256 g/mol. The minimum atomic E-state index is -0.833. The summed E-state index contributed by atoms with van der Waals surface area (Å²) in [6.45, 7) is 2.87. The number of aliphatic hydroxyl groups is 1. The van der Waals surface area contributed by atoms with Gasteiger partial charge in [0, 0.05) is 12.5 Å². The van der Waals surface area contributed by atoms with Gasteiger partial charge in [-0.2, -0.15) is 0 Å². The molecule has 1 unspecified atom stereocenters. The average molecular weight is 276 g/mol. The van der Waals surface area contributed by atoms with Crippen LogP contribution in [-0.2, 0) is 4.79 Å². The Morgan fingerprint density at radius 3 is 2.25 bits per heavy atom. The predicted molar refractivity (Wildman–Crippen MR) is 76.6 cm³/mol. The van der Waals surface area contributed by atoms with Gasteiger partial charge in [-0.25, -0.2) is 0 Å². The maximum absolute atomic E-state index is 11.9. The van der Waals surface area contributed by atoms with E-state index in [1.165, 1.54) is 0 Å². The van der Waals surface area contributed by atoms with E-state index in [4.69, 9.17) is 9.90 Å². The molecule has 4 nitrogen and oxygen atoms in total. The average Bonchev–Trinajstić information content (AvgIpc) is 2.69. The van der Waals surface area contributed by atoms with Crippen LogP contribution in [0.5, 0.6) is 0 Å². The highest BCUT2D eigenvalue weighted by molar-refractivity contribution is 6.05. The molecular formula is C16H20O4. The SMILES string of the molecule is CC(=O)O.CC1(O)CCCC1=CC(=O)c1ccccc1. The molecule has 4 heteroatoms. The molecule has 1 aromatic carbocycles. The second-order valence-corrected chi connectivity index (χ2v) is 5.05. The second kappa shape index (κ2) is 7.01. The smallest absolute Gasteiger partial charge is 0.300 e. The van der Waals surface area contributed by atoms with Gasteiger partial charge in [0.1, 0.15) is 0 Å². The number of carboxylic acid groups (broad SMARTS) is 1. The minimum Gasteiger partial charge on any atom is -0.481 e. The quantitative estimate of drug-likeness (QED) is 0.643. The molecule has 0 bridgehead atoms. The van der Waals surface area contributed by atoms with Crippen molar-refractivity contribution >= 4 is 11.8 Å². The number of allylic oxidation sites excluding steroid dienone is 1. The summed E-state index contributed by atoms with van der Waals surface area (Å²) >= 11 is 0. The summed E-state index contributed by atoms with van der Waals surface area (Å²) in [5.41, 5.74) is 0.754. The highest BCUT2D eigenvalue weighted by Gasteiger charge is 2.31. The van der Waals surface area contributed by atoms with Crippen LogP contribution in [0.4, 0.5) is 0 Å². The molecule has 2 rings (SSSR count). The van der Waals surface area contributed by atoms with Gasteiger partial charge in [-0.15, -0.1) is 0 Å². The monoisotopic (exact) mass is 276 g/mol. The minimum absolute atomic E-state index is 0.0159. The zero-order valence-corrected chi connectivity index (χ0v) is 11.8. The third-order valence-electron chi connectivity index (χ3n) is 3.17. The normalized spacial score (nSPS) is 23.1. The molecule has 1 aromatic rings. The van der Waals surface area contributed by atoms with Gasteiger partial charge in [-0.3, -0.25) is 9.59 Å². The second-order valence-electron chi connectivity index (χ2n) is 5.05. The predicted octanol–water partition coefficient (Wildman–Crippen LogP) is 2.82. The molecule has 2 N–H and O–H groups in total. The Kier molecular flexibility index (Phi) is 5.65. The number of ketones is 1. The van der Waals surface area contributed by atoms with Gasteiger partial charge in [0.15, 0.2) is 5.78 Å². The number of hydrogen-bond donors (Lipinski definition) is 2. The van der Waals surface area contributed by atoms with E-state index in [9.17, 15) is 9.90 Å². The molecule has 0 heterocycles. The van der Waals surface area contributed by atoms with Crippen molar-refractivity contribution in [2.45, 2.75) is 38.7 Å². The Morgan fingerprint density at radius 1 is 1.25 bits per heavy atom. The van der Waals surface area contributed by atoms with Gasteiger partial charge in [-0.05, 0) is 37.8 Å². The van der Waals surface area contributed by atoms with E-state index in [0.717, 1.165) is 31.8 Å². The molecule has 1 atom stereocenters. The van der Waals surface area contributed by atoms with Gasteiger partial charge < -0.3 is 10.2 Å². The lowest BCUT2D eigenvalue weighted by Gasteiger charge is -2.17. The Morgan fingerprint density at radius 2 is 1.80 bits per heavy atom. The van der Waals surface area contributed by atoms with E-state index in [0.29, 0.717) is 5.56 Å². The van der Waals surface area contributed by atoms with Gasteiger partial charge in [-0.1, -0.05) is 30.3 Å². The van der Waals surface area contributed by atoms with Crippen LogP contribution in [0.3, 0.4) is 0 Å². The van der Waals surface area contributed by atoms with Crippen LogP contribution < -0.4 is 0 Å². The largest absolute Gasteiger partial charge is 0.481 e. The number of hydrogen-bond acceptors (Lipinski definition) is 3. The zero-order chi connectivity index (χ0) is 15.2. The van der Waals surface area contributed by atoms with Crippen molar-refractivity contribution in [2.75, 3.05) is 0 Å². The third-order valence-corrected chi connectivity index (χ3v) is 3.17. The van der Waals surface area contributed by atoms with Crippen molar-refractivity contribution < 1.29 is 19.8 Å². The number of carbonyl (C=O) groups excluding carboxylic acids is 1. The van der Waals surface area contributed by atoms with Crippen molar-refractivity contribution in [1.82, 2.24) is 0 Å². The Bertz CT molecular complexity index is 496. The highest BCUT2D eigenvalue weighted by atomic mass is 16.4. The molecule has 1 fully saturated rings. The van der Waals surface area contributed by atoms with E-state index in [-0.39, 0.29) is 5.78 Å². The molecule has 1 aliphatic carbocycles. The molecule has 0 aliphatic heterocycles. The summed E-state index contributed by atoms with van der Waals surface area (Å²) in [5.74, 6) is -0.849. The van der Waals surface area contributed by atoms with Crippen LogP contribution in [0.15, 0.2) is 42.0 Å². The molecule has 1 aliphatic rings. The summed E-state index contributed by atoms with van der Waals surface area (Å²) in [4.78, 5) is 20.9. The van der Waals surface area contributed by atoms with E-state index < -0.39 is 11.6 Å². The van der Waals surface area contributed by atoms with Crippen molar-refractivity contribution in [3.63, 3.8) is 0 Å². The van der Waals surface area contributed by atoms with Crippen LogP contribution >= 0.6 is 0 Å². The number of aliphatic carboxylic acids is 1. The van der Waals surface area contributed by atoms with Crippen LogP contribution in [0.1, 0.15) is 43.5 Å². The maximum Gasteiger partial charge on any atom is 0.300 e. The van der Waals surface area contributed by atoms with Crippen molar-refractivity contribution in [3.8, 4) is 0 Å². The lowest BCUT2D eigenvalue weighted by atomic mass is 9.97. The first-order valence-electron chi connectivity index (χ1n) is 6.55. The molecule has 0 saturated heterocycles. The molecule has 20 heavy (non-hydrogen) atoms. The fourth-order valence-electron chi connectivity index (χ4n) is 2.12. The fourth-order valence-corrected chi connectivity index (χ4v) is 2.12. The van der Waals surface area contributed by atoms with Crippen LogP contribution in [0, 0.1) is 0 Å². The Balaban J connectivity index is 0.000000444. The van der Waals surface area contributed by atoms with Gasteiger partial charge >= 0.3 is 0 Å². The molecule has 0 aromatic heterocycles. The molecule has 1 saturated carbocycles. The molecule has 0 radical (unpaired) electrons. The van der Waals surface area contributed by atoms with E-state index >= 15 is 0 Å². The van der Waals surface area contributed by atoms with Gasteiger partial charge in [0.25, 0.3) is 5.97 Å². The topological polar surface area (TPSA) is 74.6 Å². The summed E-state index contributed by atoms with van der Waals surface area (Å²) < 4.78 is 0. The lowest BCUT2D eigenvalue weighted by molar-refractivity contribution is -0.134. The Labute approximate surface area is 118 Å². The third kappa shape index (κ3) is 4.97. The standard InChI is InChI=1S/C14H16O2.C2H4O2/c1-14(16)9-5-8-12(14)10-13(15)11-6-3-2-4-7-11;1-2(3)4/h2-4,6-7,10,16H,5,8-9H2,1H3;1H3,(H,3,4). The number of carboxylic acids is 1. The van der Waals surface area contributed by atoms with Crippen LogP contribution in [0.2, 0.25) is 0 Å². The Hall–Kier alpha value is -1.94. The summed E-state index contributed by atoms with van der Waals surface area (Å²) in [6.07, 6.45) is 4.13. The molecule has 0 amide bonds. The highest BCUT2D eigenvalue weighted by Crippen LogP contribution is 2.34. The van der Waals surface area contributed by atoms with Crippen molar-refractivity contribution in [1.29, 1.82) is 0 Å². The van der Waals surface area contributed by atoms with Gasteiger partial charge in [0.05, 0.1) is 5.60 Å². The lowest BCUT2D eigenvalue weighted by Crippen LogP contribution is -2.21.